The molecule has 0 saturated heterocycles. The van der Waals surface area contributed by atoms with Gasteiger partial charge in [-0.3, -0.25) is 0 Å². The molecule has 0 saturated carbocycles. The number of aryl methyl sites for hydroxylation is 1. The van der Waals surface area contributed by atoms with Crippen LogP contribution in [-0.4, -0.2) is 4.98 Å². The lowest BCUT2D eigenvalue weighted by Gasteiger charge is -2.01. The molecule has 2 rings (SSSR count). The van der Waals surface area contributed by atoms with E-state index in [1.54, 1.807) is 0 Å². The van der Waals surface area contributed by atoms with Gasteiger partial charge in [0.2, 0.25) is 0 Å². The summed E-state index contributed by atoms with van der Waals surface area (Å²) in [6, 6.07) is 7.81. The van der Waals surface area contributed by atoms with Crippen LogP contribution in [0.15, 0.2) is 24.3 Å². The van der Waals surface area contributed by atoms with Gasteiger partial charge < -0.3 is 0 Å². The smallest absolute Gasteiger partial charge is 0.138 e. The Bertz CT molecular complexity index is 460. The quantitative estimate of drug-likeness (QED) is 0.604. The SMILES string of the molecule is Cc1ccc2c(Cl)nc(Cl)cc2c1. The molecule has 1 heterocycles. The van der Waals surface area contributed by atoms with E-state index in [2.05, 4.69) is 4.98 Å². The lowest BCUT2D eigenvalue weighted by atomic mass is 10.1. The van der Waals surface area contributed by atoms with Gasteiger partial charge in [0.1, 0.15) is 10.3 Å². The minimum absolute atomic E-state index is 0.433. The van der Waals surface area contributed by atoms with Gasteiger partial charge in [-0.25, -0.2) is 4.98 Å². The zero-order valence-corrected chi connectivity index (χ0v) is 8.52. The van der Waals surface area contributed by atoms with Crippen LogP contribution in [0.1, 0.15) is 5.56 Å². The van der Waals surface area contributed by atoms with Gasteiger partial charge in [0, 0.05) is 5.39 Å². The summed E-state index contributed by atoms with van der Waals surface area (Å²) in [4.78, 5) is 3.96. The summed E-state index contributed by atoms with van der Waals surface area (Å²) in [7, 11) is 0. The van der Waals surface area contributed by atoms with Gasteiger partial charge in [0.25, 0.3) is 0 Å². The number of aromatic nitrogens is 1. The summed E-state index contributed by atoms with van der Waals surface area (Å²) in [6.45, 7) is 2.03. The second-order valence-electron chi connectivity index (χ2n) is 2.96. The Kier molecular flexibility index (Phi) is 2.14. The number of hydrogen-bond donors (Lipinski definition) is 0. The van der Waals surface area contributed by atoms with Crippen LogP contribution in [0.25, 0.3) is 10.8 Å². The third-order valence-electron chi connectivity index (χ3n) is 1.91. The fourth-order valence-electron chi connectivity index (χ4n) is 1.30. The number of nitrogens with zero attached hydrogens (tertiary/aromatic N) is 1. The summed E-state index contributed by atoms with van der Waals surface area (Å²) in [5.41, 5.74) is 1.19. The van der Waals surface area contributed by atoms with Crippen LogP contribution in [0.3, 0.4) is 0 Å². The van der Waals surface area contributed by atoms with E-state index in [0.717, 1.165) is 10.8 Å². The first-order valence-corrected chi connectivity index (χ1v) is 4.65. The van der Waals surface area contributed by atoms with Gasteiger partial charge in [0.15, 0.2) is 0 Å². The van der Waals surface area contributed by atoms with Crippen molar-refractivity contribution in [3.63, 3.8) is 0 Å². The normalized spacial score (nSPS) is 10.7. The number of rotatable bonds is 0. The highest BCUT2D eigenvalue weighted by molar-refractivity contribution is 6.36. The predicted octanol–water partition coefficient (Wildman–Crippen LogP) is 3.85. The van der Waals surface area contributed by atoms with Gasteiger partial charge >= 0.3 is 0 Å². The van der Waals surface area contributed by atoms with E-state index in [1.165, 1.54) is 5.56 Å². The molecule has 0 aliphatic heterocycles. The molecule has 0 fully saturated rings. The van der Waals surface area contributed by atoms with E-state index in [-0.39, 0.29) is 0 Å². The Morgan fingerprint density at radius 2 is 1.92 bits per heavy atom. The predicted molar refractivity (Wildman–Crippen MR) is 56.5 cm³/mol. The monoisotopic (exact) mass is 211 g/mol. The molecule has 0 atom stereocenters. The molecule has 66 valence electrons. The Labute approximate surface area is 86.3 Å². The molecule has 0 spiro atoms. The summed E-state index contributed by atoms with van der Waals surface area (Å²) >= 11 is 11.7. The highest BCUT2D eigenvalue weighted by Crippen LogP contribution is 2.25. The maximum Gasteiger partial charge on any atom is 0.138 e. The van der Waals surface area contributed by atoms with Crippen LogP contribution < -0.4 is 0 Å². The largest absolute Gasteiger partial charge is 0.224 e. The Balaban J connectivity index is 2.86. The van der Waals surface area contributed by atoms with Gasteiger partial charge in [-0.2, -0.15) is 0 Å². The Morgan fingerprint density at radius 3 is 2.69 bits per heavy atom. The molecule has 3 heteroatoms. The summed E-state index contributed by atoms with van der Waals surface area (Å²) in [5, 5.41) is 2.87. The lowest BCUT2D eigenvalue weighted by Crippen LogP contribution is -1.81. The van der Waals surface area contributed by atoms with E-state index in [9.17, 15) is 0 Å². The van der Waals surface area contributed by atoms with Crippen molar-refractivity contribution in [2.45, 2.75) is 6.92 Å². The number of pyridine rings is 1. The molecule has 0 radical (unpaired) electrons. The van der Waals surface area contributed by atoms with E-state index < -0.39 is 0 Å². The summed E-state index contributed by atoms with van der Waals surface area (Å²) in [6.07, 6.45) is 0. The first-order chi connectivity index (χ1) is 6.16. The van der Waals surface area contributed by atoms with E-state index in [4.69, 9.17) is 23.2 Å². The molecule has 0 unspecified atom stereocenters. The van der Waals surface area contributed by atoms with E-state index in [0.29, 0.717) is 10.3 Å². The van der Waals surface area contributed by atoms with Crippen molar-refractivity contribution in [2.75, 3.05) is 0 Å². The molecule has 0 bridgehead atoms. The average Bonchev–Trinajstić information content (AvgIpc) is 2.02. The molecule has 0 aliphatic carbocycles. The standard InChI is InChI=1S/C10H7Cl2N/c1-6-2-3-8-7(4-6)5-9(11)13-10(8)12/h2-5H,1H3. The van der Waals surface area contributed by atoms with Crippen molar-refractivity contribution in [3.8, 4) is 0 Å². The average molecular weight is 212 g/mol. The first kappa shape index (κ1) is 8.79. The number of fused-ring (bicyclic) bond motifs is 1. The maximum absolute atomic E-state index is 5.92. The van der Waals surface area contributed by atoms with Crippen molar-refractivity contribution in [3.05, 3.63) is 40.1 Å². The Morgan fingerprint density at radius 1 is 1.15 bits per heavy atom. The van der Waals surface area contributed by atoms with Crippen molar-refractivity contribution in [2.24, 2.45) is 0 Å². The minimum Gasteiger partial charge on any atom is -0.224 e. The van der Waals surface area contributed by atoms with E-state index >= 15 is 0 Å². The second kappa shape index (κ2) is 3.17. The van der Waals surface area contributed by atoms with Crippen molar-refractivity contribution in [1.29, 1.82) is 0 Å². The van der Waals surface area contributed by atoms with Gasteiger partial charge in [-0.05, 0) is 18.4 Å². The number of halogens is 2. The second-order valence-corrected chi connectivity index (χ2v) is 3.71. The zero-order valence-electron chi connectivity index (χ0n) is 7.01. The summed E-state index contributed by atoms with van der Waals surface area (Å²) in [5.74, 6) is 0. The fourth-order valence-corrected chi connectivity index (χ4v) is 1.81. The third-order valence-corrected chi connectivity index (χ3v) is 2.39. The topological polar surface area (TPSA) is 12.9 Å². The molecule has 0 amide bonds. The van der Waals surface area contributed by atoms with Gasteiger partial charge in [-0.1, -0.05) is 47.0 Å². The molecule has 1 nitrogen and oxygen atoms in total. The minimum atomic E-state index is 0.433. The zero-order chi connectivity index (χ0) is 9.42. The number of hydrogen-bond acceptors (Lipinski definition) is 1. The molecule has 1 aromatic carbocycles. The molecule has 1 aromatic heterocycles. The Hall–Kier alpha value is -0.790. The van der Waals surface area contributed by atoms with Crippen LogP contribution in [0.5, 0.6) is 0 Å². The van der Waals surface area contributed by atoms with Crippen LogP contribution in [0, 0.1) is 6.92 Å². The highest BCUT2D eigenvalue weighted by Gasteiger charge is 2.02. The van der Waals surface area contributed by atoms with Crippen molar-refractivity contribution >= 4 is 34.0 Å². The molecule has 0 aliphatic rings. The van der Waals surface area contributed by atoms with Gasteiger partial charge in [0.05, 0.1) is 0 Å². The van der Waals surface area contributed by atoms with E-state index in [1.807, 2.05) is 31.2 Å². The molecule has 2 aromatic rings. The van der Waals surface area contributed by atoms with Crippen LogP contribution in [0.4, 0.5) is 0 Å². The van der Waals surface area contributed by atoms with Crippen LogP contribution in [-0.2, 0) is 0 Å². The maximum atomic E-state index is 5.92. The highest BCUT2D eigenvalue weighted by atomic mass is 35.5. The molecule has 0 N–H and O–H groups in total. The number of benzene rings is 1. The van der Waals surface area contributed by atoms with Crippen LogP contribution >= 0.6 is 23.2 Å². The summed E-state index contributed by atoms with van der Waals surface area (Å²) < 4.78 is 0. The van der Waals surface area contributed by atoms with Crippen LogP contribution in [0.2, 0.25) is 10.3 Å². The van der Waals surface area contributed by atoms with Crippen molar-refractivity contribution < 1.29 is 0 Å². The first-order valence-electron chi connectivity index (χ1n) is 3.89. The molecular weight excluding hydrogens is 205 g/mol. The fraction of sp³-hybridized carbons (Fsp3) is 0.100. The lowest BCUT2D eigenvalue weighted by molar-refractivity contribution is 1.36. The molecular formula is C10H7Cl2N. The van der Waals surface area contributed by atoms with Gasteiger partial charge in [-0.15, -0.1) is 0 Å². The molecule has 13 heavy (non-hydrogen) atoms. The third kappa shape index (κ3) is 1.62. The van der Waals surface area contributed by atoms with Crippen molar-refractivity contribution in [1.82, 2.24) is 4.98 Å².